The lowest BCUT2D eigenvalue weighted by molar-refractivity contribution is -0.118. The van der Waals surface area contributed by atoms with Crippen molar-refractivity contribution in [2.24, 2.45) is 0 Å². The van der Waals surface area contributed by atoms with Gasteiger partial charge in [-0.3, -0.25) is 9.59 Å². The van der Waals surface area contributed by atoms with Crippen molar-refractivity contribution in [3.8, 4) is 5.75 Å². The van der Waals surface area contributed by atoms with E-state index in [2.05, 4.69) is 21.2 Å². The normalized spacial score (nSPS) is 13.9. The molecule has 27 heavy (non-hydrogen) atoms. The van der Waals surface area contributed by atoms with Gasteiger partial charge in [0.1, 0.15) is 5.75 Å². The number of rotatable bonds is 5. The fraction of sp³-hybridized carbons (Fsp3) is 0.263. The highest BCUT2D eigenvalue weighted by molar-refractivity contribution is 9.10. The van der Waals surface area contributed by atoms with Gasteiger partial charge in [0.05, 0.1) is 29.5 Å². The Bertz CT molecular complexity index is 840. The van der Waals surface area contributed by atoms with Crippen molar-refractivity contribution >= 4 is 45.0 Å². The summed E-state index contributed by atoms with van der Waals surface area (Å²) in [5.41, 5.74) is 0.917. The van der Waals surface area contributed by atoms with E-state index < -0.39 is 0 Å². The van der Waals surface area contributed by atoms with Gasteiger partial charge in [0, 0.05) is 17.6 Å². The van der Waals surface area contributed by atoms with E-state index in [9.17, 15) is 9.59 Å². The van der Waals surface area contributed by atoms with Crippen LogP contribution in [0.5, 0.6) is 5.75 Å². The first-order chi connectivity index (χ1) is 13.0. The number of hydrogen-bond donors (Lipinski definition) is 1. The first-order valence-electron chi connectivity index (χ1n) is 8.38. The summed E-state index contributed by atoms with van der Waals surface area (Å²) >= 11 is 9.41. The van der Waals surface area contributed by atoms with Gasteiger partial charge >= 0.3 is 0 Å². The molecular weight excluding hydrogens is 436 g/mol. The highest BCUT2D eigenvalue weighted by Gasteiger charge is 2.21. The summed E-state index contributed by atoms with van der Waals surface area (Å²) in [6, 6.07) is 12.1. The molecule has 0 bridgehead atoms. The fourth-order valence-electron chi connectivity index (χ4n) is 2.63. The van der Waals surface area contributed by atoms with Crippen molar-refractivity contribution in [2.45, 2.75) is 0 Å². The van der Waals surface area contributed by atoms with E-state index in [1.165, 1.54) is 0 Å². The van der Waals surface area contributed by atoms with Gasteiger partial charge in [-0.1, -0.05) is 39.7 Å². The number of para-hydroxylation sites is 1. The molecule has 1 aliphatic heterocycles. The van der Waals surface area contributed by atoms with Crippen LogP contribution in [0.3, 0.4) is 0 Å². The van der Waals surface area contributed by atoms with Gasteiger partial charge in [0.2, 0.25) is 0 Å². The predicted molar refractivity (Wildman–Crippen MR) is 106 cm³/mol. The molecule has 2 aromatic carbocycles. The number of nitrogens with zero attached hydrogens (tertiary/aromatic N) is 1. The number of amides is 2. The third kappa shape index (κ3) is 5.22. The van der Waals surface area contributed by atoms with E-state index in [1.54, 1.807) is 47.4 Å². The first-order valence-corrected chi connectivity index (χ1v) is 9.55. The molecule has 1 N–H and O–H groups in total. The summed E-state index contributed by atoms with van der Waals surface area (Å²) in [6.07, 6.45) is 0. The maximum atomic E-state index is 12.7. The van der Waals surface area contributed by atoms with Gasteiger partial charge in [0.15, 0.2) is 6.61 Å². The van der Waals surface area contributed by atoms with Crippen LogP contribution in [-0.2, 0) is 9.53 Å². The molecule has 6 nitrogen and oxygen atoms in total. The maximum Gasteiger partial charge on any atom is 0.262 e. The third-order valence-corrected chi connectivity index (χ3v) is 4.79. The summed E-state index contributed by atoms with van der Waals surface area (Å²) in [4.78, 5) is 26.6. The smallest absolute Gasteiger partial charge is 0.262 e. The number of carbonyl (C=O) groups excluding carboxylic acids is 2. The Kier molecular flexibility index (Phi) is 6.71. The largest absolute Gasteiger partial charge is 0.483 e. The molecule has 8 heteroatoms. The lowest BCUT2D eigenvalue weighted by atomic mass is 10.1. The Morgan fingerprint density at radius 1 is 1.19 bits per heavy atom. The highest BCUT2D eigenvalue weighted by atomic mass is 79.9. The molecule has 142 valence electrons. The summed E-state index contributed by atoms with van der Waals surface area (Å²) in [7, 11) is 0. The zero-order valence-electron chi connectivity index (χ0n) is 14.4. The van der Waals surface area contributed by atoms with Crippen molar-refractivity contribution in [3.63, 3.8) is 0 Å². The Balaban J connectivity index is 1.64. The SMILES string of the molecule is O=C(COc1ccccc1C(=O)N1CCOCC1)Nc1ccc(Br)cc1Cl. The Morgan fingerprint density at radius 3 is 2.67 bits per heavy atom. The molecule has 1 aliphatic rings. The number of benzene rings is 2. The van der Waals surface area contributed by atoms with E-state index in [4.69, 9.17) is 21.1 Å². The van der Waals surface area contributed by atoms with Crippen LogP contribution in [0.4, 0.5) is 5.69 Å². The van der Waals surface area contributed by atoms with Crippen LogP contribution in [-0.4, -0.2) is 49.6 Å². The van der Waals surface area contributed by atoms with Gasteiger partial charge in [0.25, 0.3) is 11.8 Å². The molecule has 1 heterocycles. The molecule has 0 aromatic heterocycles. The van der Waals surface area contributed by atoms with Crippen molar-refractivity contribution in [1.29, 1.82) is 0 Å². The number of anilines is 1. The minimum Gasteiger partial charge on any atom is -0.483 e. The summed E-state index contributed by atoms with van der Waals surface area (Å²) in [5, 5.41) is 3.11. The summed E-state index contributed by atoms with van der Waals surface area (Å²) in [5.74, 6) is -0.135. The van der Waals surface area contributed by atoms with Crippen molar-refractivity contribution in [1.82, 2.24) is 4.90 Å². The van der Waals surface area contributed by atoms with E-state index in [0.29, 0.717) is 48.3 Å². The summed E-state index contributed by atoms with van der Waals surface area (Å²) in [6.45, 7) is 1.88. The number of ether oxygens (including phenoxy) is 2. The van der Waals surface area contributed by atoms with E-state index in [0.717, 1.165) is 4.47 Å². The summed E-state index contributed by atoms with van der Waals surface area (Å²) < 4.78 is 11.7. The van der Waals surface area contributed by atoms with Crippen LogP contribution >= 0.6 is 27.5 Å². The second kappa shape index (κ2) is 9.21. The highest BCUT2D eigenvalue weighted by Crippen LogP contribution is 2.26. The molecule has 0 radical (unpaired) electrons. The molecule has 1 fully saturated rings. The zero-order chi connectivity index (χ0) is 19.2. The number of nitrogens with one attached hydrogen (secondary N) is 1. The van der Waals surface area contributed by atoms with Crippen LogP contribution in [0.15, 0.2) is 46.9 Å². The molecule has 0 unspecified atom stereocenters. The standard InChI is InChI=1S/C19H18BrClN2O4/c20-13-5-6-16(15(21)11-13)22-18(24)12-27-17-4-2-1-3-14(17)19(25)23-7-9-26-10-8-23/h1-6,11H,7-10,12H2,(H,22,24). The monoisotopic (exact) mass is 452 g/mol. The number of carbonyl (C=O) groups is 2. The van der Waals surface area contributed by atoms with Gasteiger partial charge in [-0.15, -0.1) is 0 Å². The van der Waals surface area contributed by atoms with Crippen LogP contribution in [0.25, 0.3) is 0 Å². The lowest BCUT2D eigenvalue weighted by Gasteiger charge is -2.27. The van der Waals surface area contributed by atoms with E-state index >= 15 is 0 Å². The average molecular weight is 454 g/mol. The maximum absolute atomic E-state index is 12.7. The van der Waals surface area contributed by atoms with Crippen molar-refractivity contribution in [2.75, 3.05) is 38.2 Å². The molecule has 2 aromatic rings. The van der Waals surface area contributed by atoms with E-state index in [-0.39, 0.29) is 18.4 Å². The Labute approximate surface area is 170 Å². The molecule has 3 rings (SSSR count). The molecule has 0 aliphatic carbocycles. The van der Waals surface area contributed by atoms with E-state index in [1.807, 2.05) is 0 Å². The van der Waals surface area contributed by atoms with Crippen LogP contribution in [0.2, 0.25) is 5.02 Å². The second-order valence-electron chi connectivity index (χ2n) is 5.86. The van der Waals surface area contributed by atoms with Gasteiger partial charge in [-0.25, -0.2) is 0 Å². The van der Waals surface area contributed by atoms with Crippen LogP contribution in [0, 0.1) is 0 Å². The average Bonchev–Trinajstić information content (AvgIpc) is 2.69. The van der Waals surface area contributed by atoms with Crippen molar-refractivity contribution < 1.29 is 19.1 Å². The molecule has 2 amide bonds. The molecular formula is C19H18BrClN2O4. The van der Waals surface area contributed by atoms with Crippen LogP contribution < -0.4 is 10.1 Å². The minimum absolute atomic E-state index is 0.134. The molecule has 0 spiro atoms. The van der Waals surface area contributed by atoms with Gasteiger partial charge < -0.3 is 19.7 Å². The molecule has 0 saturated carbocycles. The predicted octanol–water partition coefficient (Wildman–Crippen LogP) is 3.59. The quantitative estimate of drug-likeness (QED) is 0.751. The fourth-order valence-corrected chi connectivity index (χ4v) is 3.35. The number of hydrogen-bond acceptors (Lipinski definition) is 4. The number of morpholine rings is 1. The van der Waals surface area contributed by atoms with Gasteiger partial charge in [-0.2, -0.15) is 0 Å². The van der Waals surface area contributed by atoms with Gasteiger partial charge in [-0.05, 0) is 30.3 Å². The number of halogens is 2. The zero-order valence-corrected chi connectivity index (χ0v) is 16.8. The minimum atomic E-state index is -0.368. The topological polar surface area (TPSA) is 67.9 Å². The van der Waals surface area contributed by atoms with Crippen molar-refractivity contribution in [3.05, 3.63) is 57.5 Å². The lowest BCUT2D eigenvalue weighted by Crippen LogP contribution is -2.40. The second-order valence-corrected chi connectivity index (χ2v) is 7.18. The Hall–Kier alpha value is -2.09. The van der Waals surface area contributed by atoms with Crippen LogP contribution in [0.1, 0.15) is 10.4 Å². The third-order valence-electron chi connectivity index (χ3n) is 3.98. The first kappa shape index (κ1) is 19.7. The molecule has 0 atom stereocenters. The molecule has 1 saturated heterocycles. The Morgan fingerprint density at radius 2 is 1.93 bits per heavy atom.